The number of carbonyl (C=O) groups excluding carboxylic acids is 1. The third-order valence-corrected chi connectivity index (χ3v) is 3.84. The molecule has 1 heterocycles. The molecule has 0 saturated carbocycles. The highest BCUT2D eigenvalue weighted by atomic mass is 16.5. The van der Waals surface area contributed by atoms with Gasteiger partial charge in [-0.2, -0.15) is 0 Å². The molecule has 0 spiro atoms. The Hall–Kier alpha value is -3.61. The number of hydrogen-bond donors (Lipinski definition) is 2. The maximum atomic E-state index is 11.7. The number of carbonyl (C=O) groups is 1. The molecule has 3 rings (SSSR count). The number of rotatable bonds is 7. The number of aromatic nitrogens is 2. The summed E-state index contributed by atoms with van der Waals surface area (Å²) in [7, 11) is 1.36. The number of para-hydroxylation sites is 2. The summed E-state index contributed by atoms with van der Waals surface area (Å²) in [6, 6.07) is 16.5. The van der Waals surface area contributed by atoms with Crippen molar-refractivity contribution in [1.82, 2.24) is 9.97 Å². The van der Waals surface area contributed by atoms with Gasteiger partial charge in [0.1, 0.15) is 23.2 Å². The minimum atomic E-state index is -0.391. The maximum absolute atomic E-state index is 11.7. The van der Waals surface area contributed by atoms with Crippen LogP contribution in [0, 0.1) is 6.92 Å². The number of benzene rings is 2. The van der Waals surface area contributed by atoms with Crippen LogP contribution in [0.3, 0.4) is 0 Å². The van der Waals surface area contributed by atoms with Crippen LogP contribution in [0.25, 0.3) is 0 Å². The van der Waals surface area contributed by atoms with Crippen molar-refractivity contribution in [2.24, 2.45) is 0 Å². The first-order valence-corrected chi connectivity index (χ1v) is 8.89. The first-order chi connectivity index (χ1) is 13.6. The Labute approximate surface area is 163 Å². The zero-order valence-corrected chi connectivity index (χ0v) is 16.0. The highest BCUT2D eigenvalue weighted by Crippen LogP contribution is 2.28. The van der Waals surface area contributed by atoms with Crippen molar-refractivity contribution in [1.29, 1.82) is 0 Å². The number of hydrogen-bond acceptors (Lipinski definition) is 7. The largest absolute Gasteiger partial charge is 0.492 e. The molecular weight excluding hydrogens is 356 g/mol. The first-order valence-electron chi connectivity index (χ1n) is 8.89. The second-order valence-corrected chi connectivity index (χ2v) is 5.94. The van der Waals surface area contributed by atoms with Crippen LogP contribution >= 0.6 is 0 Å². The summed E-state index contributed by atoms with van der Waals surface area (Å²) in [6.07, 6.45) is 0. The van der Waals surface area contributed by atoms with Gasteiger partial charge in [0.25, 0.3) is 0 Å². The summed E-state index contributed by atoms with van der Waals surface area (Å²) in [5.74, 6) is 2.20. The molecule has 144 valence electrons. The smallest absolute Gasteiger partial charge is 0.337 e. The Kier molecular flexibility index (Phi) is 6.06. The van der Waals surface area contributed by atoms with E-state index in [-0.39, 0.29) is 0 Å². The van der Waals surface area contributed by atoms with Crippen molar-refractivity contribution in [2.45, 2.75) is 13.8 Å². The number of nitrogens with zero attached hydrogens (tertiary/aromatic N) is 2. The van der Waals surface area contributed by atoms with Gasteiger partial charge in [-0.3, -0.25) is 0 Å². The molecule has 0 aliphatic rings. The third-order valence-electron chi connectivity index (χ3n) is 3.84. The van der Waals surface area contributed by atoms with Crippen LogP contribution in [0.5, 0.6) is 5.75 Å². The second-order valence-electron chi connectivity index (χ2n) is 5.94. The van der Waals surface area contributed by atoms with Crippen molar-refractivity contribution >= 4 is 29.0 Å². The number of methoxy groups -OCH3 is 1. The van der Waals surface area contributed by atoms with Gasteiger partial charge < -0.3 is 20.1 Å². The topological polar surface area (TPSA) is 85.4 Å². The molecule has 0 amide bonds. The van der Waals surface area contributed by atoms with Gasteiger partial charge in [-0.1, -0.05) is 18.2 Å². The first kappa shape index (κ1) is 19.2. The van der Waals surface area contributed by atoms with Crippen LogP contribution in [-0.4, -0.2) is 29.7 Å². The maximum Gasteiger partial charge on any atom is 0.337 e. The van der Waals surface area contributed by atoms with Gasteiger partial charge >= 0.3 is 5.97 Å². The lowest BCUT2D eigenvalue weighted by Gasteiger charge is -2.13. The van der Waals surface area contributed by atoms with Crippen molar-refractivity contribution in [2.75, 3.05) is 24.4 Å². The van der Waals surface area contributed by atoms with E-state index >= 15 is 0 Å². The molecule has 7 heteroatoms. The standard InChI is InChI=1S/C21H22N4O3/c1-4-28-18-11-6-5-10-17(18)25-20-13-19(22-14(2)23-20)24-16-9-7-8-15(12-16)21(26)27-3/h5-13H,4H2,1-3H3,(H2,22,23,24,25). The fraction of sp³-hybridized carbons (Fsp3) is 0.190. The summed E-state index contributed by atoms with van der Waals surface area (Å²) in [4.78, 5) is 20.6. The molecule has 0 saturated heterocycles. The van der Waals surface area contributed by atoms with E-state index in [2.05, 4.69) is 20.6 Å². The van der Waals surface area contributed by atoms with E-state index in [1.54, 1.807) is 24.3 Å². The summed E-state index contributed by atoms with van der Waals surface area (Å²) >= 11 is 0. The predicted molar refractivity (Wildman–Crippen MR) is 109 cm³/mol. The molecule has 0 bridgehead atoms. The number of anilines is 4. The molecule has 2 aromatic carbocycles. The monoisotopic (exact) mass is 378 g/mol. The van der Waals surface area contributed by atoms with E-state index in [4.69, 9.17) is 9.47 Å². The average molecular weight is 378 g/mol. The van der Waals surface area contributed by atoms with Gasteiger partial charge in [-0.05, 0) is 44.2 Å². The normalized spacial score (nSPS) is 10.2. The molecule has 0 aliphatic carbocycles. The minimum absolute atomic E-state index is 0.391. The van der Waals surface area contributed by atoms with Gasteiger partial charge in [0.05, 0.1) is 25.0 Å². The molecule has 3 aromatic rings. The molecule has 28 heavy (non-hydrogen) atoms. The van der Waals surface area contributed by atoms with Crippen LogP contribution in [0.1, 0.15) is 23.1 Å². The lowest BCUT2D eigenvalue weighted by atomic mass is 10.2. The van der Waals surface area contributed by atoms with E-state index in [9.17, 15) is 4.79 Å². The van der Waals surface area contributed by atoms with Gasteiger partial charge in [-0.25, -0.2) is 14.8 Å². The molecule has 2 N–H and O–H groups in total. The summed E-state index contributed by atoms with van der Waals surface area (Å²) < 4.78 is 10.4. The Bertz CT molecular complexity index is 975. The van der Waals surface area contributed by atoms with E-state index in [0.29, 0.717) is 29.6 Å². The van der Waals surface area contributed by atoms with Crippen LogP contribution in [0.15, 0.2) is 54.6 Å². The number of esters is 1. The Balaban J connectivity index is 1.84. The third kappa shape index (κ3) is 4.76. The fourth-order valence-electron chi connectivity index (χ4n) is 2.67. The van der Waals surface area contributed by atoms with Crippen molar-refractivity contribution in [3.63, 3.8) is 0 Å². The molecular formula is C21H22N4O3. The fourth-order valence-corrected chi connectivity index (χ4v) is 2.67. The number of nitrogens with one attached hydrogen (secondary N) is 2. The van der Waals surface area contributed by atoms with Gasteiger partial charge in [0.15, 0.2) is 0 Å². The van der Waals surface area contributed by atoms with Gasteiger partial charge in [0, 0.05) is 11.8 Å². The van der Waals surface area contributed by atoms with Crippen LogP contribution < -0.4 is 15.4 Å². The Morgan fingerprint density at radius 3 is 2.50 bits per heavy atom. The average Bonchev–Trinajstić information content (AvgIpc) is 2.69. The molecule has 1 aromatic heterocycles. The molecule has 0 atom stereocenters. The lowest BCUT2D eigenvalue weighted by molar-refractivity contribution is 0.0601. The SMILES string of the molecule is CCOc1ccccc1Nc1cc(Nc2cccc(C(=O)OC)c2)nc(C)n1. The summed E-state index contributed by atoms with van der Waals surface area (Å²) in [5.41, 5.74) is 2.00. The Morgan fingerprint density at radius 1 is 1.00 bits per heavy atom. The summed E-state index contributed by atoms with van der Waals surface area (Å²) in [5, 5.41) is 6.47. The highest BCUT2D eigenvalue weighted by Gasteiger charge is 2.09. The van der Waals surface area contributed by atoms with E-state index < -0.39 is 5.97 Å². The second kappa shape index (κ2) is 8.85. The van der Waals surface area contributed by atoms with E-state index in [0.717, 1.165) is 17.1 Å². The van der Waals surface area contributed by atoms with E-state index in [1.807, 2.05) is 44.2 Å². The zero-order valence-electron chi connectivity index (χ0n) is 16.0. The van der Waals surface area contributed by atoms with Crippen LogP contribution in [0.4, 0.5) is 23.0 Å². The number of aryl methyl sites for hydroxylation is 1. The molecule has 0 radical (unpaired) electrons. The van der Waals surface area contributed by atoms with Crippen LogP contribution in [-0.2, 0) is 4.74 Å². The minimum Gasteiger partial charge on any atom is -0.492 e. The quantitative estimate of drug-likeness (QED) is 0.587. The molecule has 0 aliphatic heterocycles. The lowest BCUT2D eigenvalue weighted by Crippen LogP contribution is -2.04. The summed E-state index contributed by atoms with van der Waals surface area (Å²) in [6.45, 7) is 4.33. The van der Waals surface area contributed by atoms with Gasteiger partial charge in [-0.15, -0.1) is 0 Å². The van der Waals surface area contributed by atoms with Crippen molar-refractivity contribution in [3.05, 3.63) is 66.0 Å². The number of ether oxygens (including phenoxy) is 2. The van der Waals surface area contributed by atoms with Crippen molar-refractivity contribution < 1.29 is 14.3 Å². The van der Waals surface area contributed by atoms with Crippen LogP contribution in [0.2, 0.25) is 0 Å². The molecule has 0 fully saturated rings. The molecule has 0 unspecified atom stereocenters. The van der Waals surface area contributed by atoms with Gasteiger partial charge in [0.2, 0.25) is 0 Å². The zero-order chi connectivity index (χ0) is 19.9. The predicted octanol–water partition coefficient (Wildman–Crippen LogP) is 4.46. The molecule has 7 nitrogen and oxygen atoms in total. The highest BCUT2D eigenvalue weighted by molar-refractivity contribution is 5.90. The Morgan fingerprint density at radius 2 is 1.75 bits per heavy atom. The van der Waals surface area contributed by atoms with E-state index in [1.165, 1.54) is 7.11 Å². The van der Waals surface area contributed by atoms with Crippen molar-refractivity contribution in [3.8, 4) is 5.75 Å².